The SMILES string of the molecule is Cn1cc(CCCN=C(N)NCCCN2CCOCC2)cn1.I. The third kappa shape index (κ3) is 8.52. The van der Waals surface area contributed by atoms with Crippen molar-refractivity contribution in [1.82, 2.24) is 20.0 Å². The van der Waals surface area contributed by atoms with Crippen molar-refractivity contribution in [1.29, 1.82) is 0 Å². The van der Waals surface area contributed by atoms with E-state index in [4.69, 9.17) is 10.5 Å². The maximum absolute atomic E-state index is 5.87. The number of aromatic nitrogens is 2. The van der Waals surface area contributed by atoms with Crippen LogP contribution in [0.15, 0.2) is 17.4 Å². The van der Waals surface area contributed by atoms with Gasteiger partial charge >= 0.3 is 0 Å². The normalized spacial score (nSPS) is 16.1. The molecular formula is C15H29IN6O. The highest BCUT2D eigenvalue weighted by Crippen LogP contribution is 2.00. The smallest absolute Gasteiger partial charge is 0.188 e. The molecule has 8 heteroatoms. The molecule has 132 valence electrons. The maximum atomic E-state index is 5.87. The van der Waals surface area contributed by atoms with E-state index in [1.807, 2.05) is 24.1 Å². The summed E-state index contributed by atoms with van der Waals surface area (Å²) in [7, 11) is 1.93. The predicted molar refractivity (Wildman–Crippen MR) is 103 cm³/mol. The molecule has 0 aromatic carbocycles. The summed E-state index contributed by atoms with van der Waals surface area (Å²) < 4.78 is 7.15. The number of hydrogen-bond acceptors (Lipinski definition) is 4. The largest absolute Gasteiger partial charge is 0.379 e. The van der Waals surface area contributed by atoms with Crippen LogP contribution in [0.25, 0.3) is 0 Å². The highest BCUT2D eigenvalue weighted by molar-refractivity contribution is 14.0. The fourth-order valence-corrected chi connectivity index (χ4v) is 2.48. The zero-order valence-electron chi connectivity index (χ0n) is 13.9. The van der Waals surface area contributed by atoms with Crippen LogP contribution < -0.4 is 11.1 Å². The Hall–Kier alpha value is -0.870. The van der Waals surface area contributed by atoms with Crippen LogP contribution in [0.1, 0.15) is 18.4 Å². The zero-order valence-corrected chi connectivity index (χ0v) is 16.2. The van der Waals surface area contributed by atoms with Crippen molar-refractivity contribution in [3.63, 3.8) is 0 Å². The van der Waals surface area contributed by atoms with E-state index in [-0.39, 0.29) is 24.0 Å². The predicted octanol–water partition coefficient (Wildman–Crippen LogP) is 0.597. The van der Waals surface area contributed by atoms with Crippen molar-refractivity contribution in [3.8, 4) is 0 Å². The summed E-state index contributed by atoms with van der Waals surface area (Å²) in [5, 5.41) is 7.33. The van der Waals surface area contributed by atoms with Gasteiger partial charge in [-0.1, -0.05) is 0 Å². The molecule has 1 aromatic heterocycles. The van der Waals surface area contributed by atoms with Gasteiger partial charge in [0.25, 0.3) is 0 Å². The molecule has 1 aromatic rings. The molecule has 7 nitrogen and oxygen atoms in total. The van der Waals surface area contributed by atoms with E-state index in [1.54, 1.807) is 0 Å². The van der Waals surface area contributed by atoms with E-state index >= 15 is 0 Å². The van der Waals surface area contributed by atoms with Crippen molar-refractivity contribution in [3.05, 3.63) is 18.0 Å². The Labute approximate surface area is 155 Å². The number of nitrogens with two attached hydrogens (primary N) is 1. The van der Waals surface area contributed by atoms with Gasteiger partial charge in [0, 0.05) is 39.4 Å². The van der Waals surface area contributed by atoms with Gasteiger partial charge in [0.2, 0.25) is 0 Å². The third-order valence-electron chi connectivity index (χ3n) is 3.73. The lowest BCUT2D eigenvalue weighted by atomic mass is 10.2. The molecular weight excluding hydrogens is 407 g/mol. The first-order chi connectivity index (χ1) is 10.7. The Morgan fingerprint density at radius 1 is 1.39 bits per heavy atom. The molecule has 1 aliphatic rings. The zero-order chi connectivity index (χ0) is 15.6. The third-order valence-corrected chi connectivity index (χ3v) is 3.73. The molecule has 1 fully saturated rings. The van der Waals surface area contributed by atoms with Crippen LogP contribution in [0.4, 0.5) is 0 Å². The second-order valence-corrected chi connectivity index (χ2v) is 5.63. The molecule has 0 aliphatic carbocycles. The molecule has 1 aliphatic heterocycles. The average molecular weight is 436 g/mol. The van der Waals surface area contributed by atoms with Gasteiger partial charge in [-0.3, -0.25) is 14.6 Å². The van der Waals surface area contributed by atoms with Gasteiger partial charge in [0.15, 0.2) is 5.96 Å². The van der Waals surface area contributed by atoms with Crippen LogP contribution in [-0.4, -0.2) is 66.6 Å². The van der Waals surface area contributed by atoms with Crippen molar-refractivity contribution < 1.29 is 4.74 Å². The number of guanidine groups is 1. The molecule has 0 bridgehead atoms. The molecule has 1 saturated heterocycles. The Morgan fingerprint density at radius 2 is 2.17 bits per heavy atom. The van der Waals surface area contributed by atoms with Gasteiger partial charge in [-0.05, 0) is 31.4 Å². The maximum Gasteiger partial charge on any atom is 0.188 e. The number of morpholine rings is 1. The molecule has 23 heavy (non-hydrogen) atoms. The number of hydrogen-bond donors (Lipinski definition) is 2. The number of aliphatic imine (C=N–C) groups is 1. The molecule has 0 saturated carbocycles. The van der Waals surface area contributed by atoms with Crippen LogP contribution in [0.5, 0.6) is 0 Å². The monoisotopic (exact) mass is 436 g/mol. The van der Waals surface area contributed by atoms with Gasteiger partial charge in [-0.25, -0.2) is 0 Å². The first kappa shape index (κ1) is 20.2. The topological polar surface area (TPSA) is 80.7 Å². The van der Waals surface area contributed by atoms with Crippen molar-refractivity contribution in [2.45, 2.75) is 19.3 Å². The summed E-state index contributed by atoms with van der Waals surface area (Å²) in [6.07, 6.45) is 6.99. The second-order valence-electron chi connectivity index (χ2n) is 5.63. The van der Waals surface area contributed by atoms with Gasteiger partial charge in [0.05, 0.1) is 19.4 Å². The molecule has 0 spiro atoms. The number of rotatable bonds is 8. The van der Waals surface area contributed by atoms with Gasteiger partial charge in [0.1, 0.15) is 0 Å². The molecule has 0 unspecified atom stereocenters. The van der Waals surface area contributed by atoms with Crippen molar-refractivity contribution in [2.24, 2.45) is 17.8 Å². The number of nitrogens with zero attached hydrogens (tertiary/aromatic N) is 4. The minimum atomic E-state index is 0. The summed E-state index contributed by atoms with van der Waals surface area (Å²) >= 11 is 0. The van der Waals surface area contributed by atoms with E-state index in [1.165, 1.54) is 5.56 Å². The standard InChI is InChI=1S/C15H28N6O.HI/c1-20-13-14(12-19-20)4-2-5-17-15(16)18-6-3-7-21-8-10-22-11-9-21;/h12-13H,2-11H2,1H3,(H3,16,17,18);1H. The summed E-state index contributed by atoms with van der Waals surface area (Å²) in [6.45, 7) is 6.49. The Kier molecular flexibility index (Phi) is 10.2. The highest BCUT2D eigenvalue weighted by atomic mass is 127. The summed E-state index contributed by atoms with van der Waals surface area (Å²) in [5.74, 6) is 0.549. The van der Waals surface area contributed by atoms with Crippen LogP contribution in [-0.2, 0) is 18.2 Å². The minimum absolute atomic E-state index is 0. The lowest BCUT2D eigenvalue weighted by Gasteiger charge is -2.26. The molecule has 2 heterocycles. The minimum Gasteiger partial charge on any atom is -0.379 e. The second kappa shape index (κ2) is 11.6. The average Bonchev–Trinajstić information content (AvgIpc) is 2.95. The Morgan fingerprint density at radius 3 is 2.87 bits per heavy atom. The van der Waals surface area contributed by atoms with E-state index in [0.29, 0.717) is 5.96 Å². The van der Waals surface area contributed by atoms with Crippen molar-refractivity contribution >= 4 is 29.9 Å². The Bertz CT molecular complexity index is 459. The molecule has 2 rings (SSSR count). The van der Waals surface area contributed by atoms with E-state index in [9.17, 15) is 0 Å². The number of nitrogens with one attached hydrogen (secondary N) is 1. The van der Waals surface area contributed by atoms with Gasteiger partial charge < -0.3 is 15.8 Å². The molecule has 0 radical (unpaired) electrons. The number of ether oxygens (including phenoxy) is 1. The van der Waals surface area contributed by atoms with Crippen LogP contribution >= 0.6 is 24.0 Å². The summed E-state index contributed by atoms with van der Waals surface area (Å²) in [4.78, 5) is 6.78. The first-order valence-electron chi connectivity index (χ1n) is 8.05. The quantitative estimate of drug-likeness (QED) is 0.270. The lowest BCUT2D eigenvalue weighted by molar-refractivity contribution is 0.0376. The van der Waals surface area contributed by atoms with Gasteiger partial charge in [-0.15, -0.1) is 24.0 Å². The fraction of sp³-hybridized carbons (Fsp3) is 0.733. The van der Waals surface area contributed by atoms with Crippen LogP contribution in [0.2, 0.25) is 0 Å². The molecule has 3 N–H and O–H groups in total. The van der Waals surface area contributed by atoms with Crippen molar-refractivity contribution in [2.75, 3.05) is 45.9 Å². The summed E-state index contributed by atoms with van der Waals surface area (Å²) in [5.41, 5.74) is 7.11. The van der Waals surface area contributed by atoms with E-state index < -0.39 is 0 Å². The van der Waals surface area contributed by atoms with Crippen LogP contribution in [0.3, 0.4) is 0 Å². The lowest BCUT2D eigenvalue weighted by Crippen LogP contribution is -2.39. The van der Waals surface area contributed by atoms with Gasteiger partial charge in [-0.2, -0.15) is 5.10 Å². The molecule has 0 amide bonds. The first-order valence-corrected chi connectivity index (χ1v) is 8.05. The van der Waals surface area contributed by atoms with E-state index in [2.05, 4.69) is 20.3 Å². The van der Waals surface area contributed by atoms with E-state index in [0.717, 1.165) is 65.2 Å². The number of aryl methyl sites for hydroxylation is 2. The number of halogens is 1. The fourth-order valence-electron chi connectivity index (χ4n) is 2.48. The molecule has 0 atom stereocenters. The summed E-state index contributed by atoms with van der Waals surface area (Å²) in [6, 6.07) is 0. The Balaban J connectivity index is 0.00000264. The van der Waals surface area contributed by atoms with Crippen LogP contribution in [0, 0.1) is 0 Å². The highest BCUT2D eigenvalue weighted by Gasteiger charge is 2.08.